The Hall–Kier alpha value is -2.76. The molecule has 1 aliphatic rings. The highest BCUT2D eigenvalue weighted by Crippen LogP contribution is 2.24. The van der Waals surface area contributed by atoms with Crippen molar-refractivity contribution in [2.45, 2.75) is 0 Å². The first-order chi connectivity index (χ1) is 10.1. The first-order valence-corrected chi connectivity index (χ1v) is 6.19. The standard InChI is InChI=1S/C15H10F2N2O2/c16-11-3-1-2-9(6-11)12-5-4-10(7-13(12)17)14-8-21-15(20)19-18-14/h1-7H,8H2,(H,19,20). The van der Waals surface area contributed by atoms with Crippen LogP contribution in [-0.2, 0) is 4.74 Å². The van der Waals surface area contributed by atoms with Gasteiger partial charge in [-0.05, 0) is 23.8 Å². The molecular formula is C15H10F2N2O2. The maximum absolute atomic E-state index is 14.2. The number of rotatable bonds is 2. The molecule has 2 aromatic carbocycles. The first kappa shape index (κ1) is 13.2. The molecule has 2 aromatic rings. The van der Waals surface area contributed by atoms with Crippen LogP contribution in [0.2, 0.25) is 0 Å². The van der Waals surface area contributed by atoms with Gasteiger partial charge in [0.05, 0.1) is 0 Å². The summed E-state index contributed by atoms with van der Waals surface area (Å²) in [6, 6.07) is 10.2. The topological polar surface area (TPSA) is 50.7 Å². The Morgan fingerprint density at radius 1 is 1.10 bits per heavy atom. The molecule has 0 bridgehead atoms. The van der Waals surface area contributed by atoms with Gasteiger partial charge in [-0.25, -0.2) is 19.0 Å². The van der Waals surface area contributed by atoms with Crippen LogP contribution in [0.1, 0.15) is 5.56 Å². The van der Waals surface area contributed by atoms with Crippen LogP contribution >= 0.6 is 0 Å². The van der Waals surface area contributed by atoms with Crippen LogP contribution in [0.3, 0.4) is 0 Å². The molecule has 0 atom stereocenters. The second kappa shape index (κ2) is 5.32. The lowest BCUT2D eigenvalue weighted by molar-refractivity contribution is 0.157. The number of carbonyl (C=O) groups excluding carboxylic acids is 1. The molecule has 0 unspecified atom stereocenters. The molecule has 106 valence electrons. The zero-order chi connectivity index (χ0) is 14.8. The Bertz CT molecular complexity index is 744. The van der Waals surface area contributed by atoms with Crippen molar-refractivity contribution in [1.29, 1.82) is 0 Å². The highest BCUT2D eigenvalue weighted by molar-refractivity contribution is 6.03. The van der Waals surface area contributed by atoms with Crippen LogP contribution in [0.25, 0.3) is 11.1 Å². The molecule has 0 saturated carbocycles. The van der Waals surface area contributed by atoms with Gasteiger partial charge in [0.25, 0.3) is 0 Å². The molecule has 4 nitrogen and oxygen atoms in total. The quantitative estimate of drug-likeness (QED) is 0.923. The summed E-state index contributed by atoms with van der Waals surface area (Å²) in [5.74, 6) is -0.929. The molecule has 0 aromatic heterocycles. The number of amides is 1. The minimum Gasteiger partial charge on any atom is -0.442 e. The molecule has 0 aliphatic carbocycles. The Labute approximate surface area is 119 Å². The highest BCUT2D eigenvalue weighted by Gasteiger charge is 2.16. The van der Waals surface area contributed by atoms with Gasteiger partial charge in [0.2, 0.25) is 0 Å². The number of cyclic esters (lactones) is 1. The Kier molecular flexibility index (Phi) is 3.35. The van der Waals surface area contributed by atoms with Gasteiger partial charge in [0, 0.05) is 11.1 Å². The van der Waals surface area contributed by atoms with Crippen molar-refractivity contribution < 1.29 is 18.3 Å². The van der Waals surface area contributed by atoms with E-state index in [0.717, 1.165) is 0 Å². The van der Waals surface area contributed by atoms with E-state index in [-0.39, 0.29) is 6.61 Å². The van der Waals surface area contributed by atoms with Crippen LogP contribution in [0.4, 0.5) is 13.6 Å². The number of ether oxygens (including phenoxy) is 1. The van der Waals surface area contributed by atoms with Crippen molar-refractivity contribution in [3.63, 3.8) is 0 Å². The molecule has 1 amide bonds. The Morgan fingerprint density at radius 2 is 1.95 bits per heavy atom. The smallest absolute Gasteiger partial charge is 0.428 e. The lowest BCUT2D eigenvalue weighted by Gasteiger charge is -2.14. The molecule has 1 heterocycles. The molecule has 0 fully saturated rings. The third-order valence-electron chi connectivity index (χ3n) is 3.06. The van der Waals surface area contributed by atoms with Gasteiger partial charge in [-0.3, -0.25) is 0 Å². The van der Waals surface area contributed by atoms with Gasteiger partial charge in [-0.1, -0.05) is 24.3 Å². The van der Waals surface area contributed by atoms with E-state index >= 15 is 0 Å². The molecule has 1 aliphatic heterocycles. The fraction of sp³-hybridized carbons (Fsp3) is 0.0667. The number of carbonyl (C=O) groups is 1. The molecule has 21 heavy (non-hydrogen) atoms. The normalized spacial score (nSPS) is 14.2. The summed E-state index contributed by atoms with van der Waals surface area (Å²) in [6.07, 6.45) is -0.643. The van der Waals surface area contributed by atoms with Gasteiger partial charge in [0.15, 0.2) is 0 Å². The van der Waals surface area contributed by atoms with Crippen molar-refractivity contribution in [1.82, 2.24) is 5.43 Å². The molecule has 3 rings (SSSR count). The summed E-state index contributed by atoms with van der Waals surface area (Å²) in [4.78, 5) is 10.8. The SMILES string of the molecule is O=C1NN=C(c2ccc(-c3cccc(F)c3)c(F)c2)CO1. The van der Waals surface area contributed by atoms with E-state index in [9.17, 15) is 13.6 Å². The molecule has 6 heteroatoms. The van der Waals surface area contributed by atoms with E-state index in [1.54, 1.807) is 18.2 Å². The number of hydrogen-bond donors (Lipinski definition) is 1. The zero-order valence-electron chi connectivity index (χ0n) is 10.8. The summed E-state index contributed by atoms with van der Waals surface area (Å²) in [5, 5.41) is 3.80. The van der Waals surface area contributed by atoms with Crippen molar-refractivity contribution in [3.05, 3.63) is 59.7 Å². The number of hydrazone groups is 1. The van der Waals surface area contributed by atoms with Crippen LogP contribution in [0.15, 0.2) is 47.6 Å². The van der Waals surface area contributed by atoms with Crippen LogP contribution in [0, 0.1) is 11.6 Å². The second-order valence-electron chi connectivity index (χ2n) is 4.45. The molecule has 0 spiro atoms. The van der Waals surface area contributed by atoms with Gasteiger partial charge < -0.3 is 4.74 Å². The van der Waals surface area contributed by atoms with E-state index in [4.69, 9.17) is 4.74 Å². The van der Waals surface area contributed by atoms with E-state index < -0.39 is 17.7 Å². The Morgan fingerprint density at radius 3 is 2.62 bits per heavy atom. The van der Waals surface area contributed by atoms with Gasteiger partial charge in [0.1, 0.15) is 24.0 Å². The van der Waals surface area contributed by atoms with Crippen molar-refractivity contribution in [3.8, 4) is 11.1 Å². The first-order valence-electron chi connectivity index (χ1n) is 6.19. The average Bonchev–Trinajstić information content (AvgIpc) is 2.48. The average molecular weight is 288 g/mol. The van der Waals surface area contributed by atoms with Crippen molar-refractivity contribution >= 4 is 11.8 Å². The lowest BCUT2D eigenvalue weighted by atomic mass is 10.0. The van der Waals surface area contributed by atoms with E-state index in [1.807, 2.05) is 0 Å². The van der Waals surface area contributed by atoms with Gasteiger partial charge in [-0.2, -0.15) is 5.10 Å². The maximum Gasteiger partial charge on any atom is 0.428 e. The summed E-state index contributed by atoms with van der Waals surface area (Å²) in [6.45, 7) is -0.0232. The number of hydrogen-bond acceptors (Lipinski definition) is 3. The number of benzene rings is 2. The number of nitrogens with one attached hydrogen (secondary N) is 1. The maximum atomic E-state index is 14.2. The van der Waals surface area contributed by atoms with E-state index in [1.165, 1.54) is 24.3 Å². The minimum absolute atomic E-state index is 0.0232. The Balaban J connectivity index is 1.95. The number of halogens is 2. The second-order valence-corrected chi connectivity index (χ2v) is 4.45. The largest absolute Gasteiger partial charge is 0.442 e. The number of nitrogens with zero attached hydrogens (tertiary/aromatic N) is 1. The summed E-state index contributed by atoms with van der Waals surface area (Å²) < 4.78 is 32.1. The van der Waals surface area contributed by atoms with Gasteiger partial charge in [-0.15, -0.1) is 0 Å². The third kappa shape index (κ3) is 2.74. The summed E-state index contributed by atoms with van der Waals surface area (Å²) in [7, 11) is 0. The molecule has 0 radical (unpaired) electrons. The zero-order valence-corrected chi connectivity index (χ0v) is 10.8. The monoisotopic (exact) mass is 288 g/mol. The summed E-state index contributed by atoms with van der Waals surface area (Å²) >= 11 is 0. The lowest BCUT2D eigenvalue weighted by Crippen LogP contribution is -2.30. The van der Waals surface area contributed by atoms with Crippen LogP contribution in [-0.4, -0.2) is 18.4 Å². The van der Waals surface area contributed by atoms with Crippen LogP contribution in [0.5, 0.6) is 0 Å². The van der Waals surface area contributed by atoms with Crippen molar-refractivity contribution in [2.75, 3.05) is 6.61 Å². The molecular weight excluding hydrogens is 278 g/mol. The van der Waals surface area contributed by atoms with Crippen LogP contribution < -0.4 is 5.43 Å². The molecule has 0 saturated heterocycles. The highest BCUT2D eigenvalue weighted by atomic mass is 19.1. The van der Waals surface area contributed by atoms with Crippen molar-refractivity contribution in [2.24, 2.45) is 5.10 Å². The van der Waals surface area contributed by atoms with E-state index in [2.05, 4.69) is 10.5 Å². The minimum atomic E-state index is -0.643. The fourth-order valence-electron chi connectivity index (χ4n) is 2.04. The van der Waals surface area contributed by atoms with Gasteiger partial charge >= 0.3 is 6.09 Å². The third-order valence-corrected chi connectivity index (χ3v) is 3.06. The predicted octanol–water partition coefficient (Wildman–Crippen LogP) is 3.08. The molecule has 1 N–H and O–H groups in total. The fourth-order valence-corrected chi connectivity index (χ4v) is 2.04. The van der Waals surface area contributed by atoms with E-state index in [0.29, 0.717) is 22.4 Å². The summed E-state index contributed by atoms with van der Waals surface area (Å²) in [5.41, 5.74) is 3.81. The predicted molar refractivity (Wildman–Crippen MR) is 72.8 cm³/mol.